The molecular weight excluding hydrogens is 458 g/mol. The fourth-order valence-electron chi connectivity index (χ4n) is 3.20. The van der Waals surface area contributed by atoms with Crippen molar-refractivity contribution in [3.63, 3.8) is 0 Å². The van der Waals surface area contributed by atoms with Gasteiger partial charge in [-0.1, -0.05) is 13.8 Å². The number of ether oxygens (including phenoxy) is 1. The van der Waals surface area contributed by atoms with Crippen molar-refractivity contribution < 1.29 is 45.8 Å². The first-order chi connectivity index (χ1) is 15.2. The van der Waals surface area contributed by atoms with E-state index in [4.69, 9.17) is 9.84 Å². The summed E-state index contributed by atoms with van der Waals surface area (Å²) in [6, 6.07) is 4.35. The van der Waals surface area contributed by atoms with Gasteiger partial charge in [-0.25, -0.2) is 4.79 Å². The number of anilines is 1. The van der Waals surface area contributed by atoms with Gasteiger partial charge in [0, 0.05) is 22.8 Å². The summed E-state index contributed by atoms with van der Waals surface area (Å²) in [5, 5.41) is 10.7. The predicted molar refractivity (Wildman–Crippen MR) is 105 cm³/mol. The number of carbonyl (C=O) groups excluding carboxylic acids is 1. The molecule has 6 nitrogen and oxygen atoms in total. The normalized spacial score (nSPS) is 12.3. The molecule has 0 unspecified atom stereocenters. The number of nitrogens with one attached hydrogen (secondary N) is 2. The number of rotatable bonds is 4. The molecule has 0 aliphatic heterocycles. The van der Waals surface area contributed by atoms with Gasteiger partial charge in [0.15, 0.2) is 5.75 Å². The van der Waals surface area contributed by atoms with Crippen molar-refractivity contribution in [2.24, 2.45) is 0 Å². The number of H-pyrrole nitrogens is 1. The first-order valence-corrected chi connectivity index (χ1v) is 9.34. The maximum absolute atomic E-state index is 13.7. The summed E-state index contributed by atoms with van der Waals surface area (Å²) in [5.74, 6) is -5.67. The minimum Gasteiger partial charge on any atom is -0.474 e. The monoisotopic (exact) mass is 474 g/mol. The molecule has 0 aliphatic rings. The lowest BCUT2D eigenvalue weighted by molar-refractivity contribution is -0.147. The van der Waals surface area contributed by atoms with Crippen LogP contribution in [0.3, 0.4) is 0 Å². The van der Waals surface area contributed by atoms with Crippen LogP contribution in [0.2, 0.25) is 0 Å². The Balaban J connectivity index is 2.19. The maximum atomic E-state index is 13.7. The number of carboxylic acids is 1. The van der Waals surface area contributed by atoms with E-state index in [1.807, 2.05) is 13.8 Å². The molecule has 176 valence electrons. The Morgan fingerprint density at radius 2 is 1.58 bits per heavy atom. The summed E-state index contributed by atoms with van der Waals surface area (Å²) in [5.41, 5.74) is -3.27. The molecule has 0 spiro atoms. The number of hydrogen-bond donors (Lipinski definition) is 3. The Labute approximate surface area is 182 Å². The number of halogens is 6. The smallest absolute Gasteiger partial charge is 0.420 e. The number of carboxylic acid groups (broad SMARTS) is 1. The summed E-state index contributed by atoms with van der Waals surface area (Å²) in [6.07, 6.45) is -8.96. The molecule has 0 radical (unpaired) electrons. The number of aliphatic carboxylic acids is 1. The third-order valence-electron chi connectivity index (χ3n) is 4.68. The first kappa shape index (κ1) is 24.0. The molecule has 0 atom stereocenters. The Hall–Kier alpha value is -3.70. The number of aromatic amines is 1. The second-order valence-corrected chi connectivity index (χ2v) is 7.36. The molecule has 0 saturated carbocycles. The lowest BCUT2D eigenvalue weighted by Crippen LogP contribution is -2.23. The van der Waals surface area contributed by atoms with Crippen molar-refractivity contribution in [3.8, 4) is 11.5 Å². The minimum absolute atomic E-state index is 0.0163. The van der Waals surface area contributed by atoms with E-state index in [9.17, 15) is 35.9 Å². The summed E-state index contributed by atoms with van der Waals surface area (Å²) in [6.45, 7) is 3.73. The molecule has 33 heavy (non-hydrogen) atoms. The molecule has 1 heterocycles. The van der Waals surface area contributed by atoms with Gasteiger partial charge in [-0.15, -0.1) is 0 Å². The van der Waals surface area contributed by atoms with Crippen molar-refractivity contribution in [2.45, 2.75) is 32.1 Å². The highest BCUT2D eigenvalue weighted by molar-refractivity contribution is 6.36. The summed E-state index contributed by atoms with van der Waals surface area (Å²) in [4.78, 5) is 24.9. The molecular formula is C21H16F6N2O4. The Bertz CT molecular complexity index is 1190. The van der Waals surface area contributed by atoms with Crippen LogP contribution in [0.1, 0.15) is 36.5 Å². The zero-order valence-electron chi connectivity index (χ0n) is 17.0. The molecule has 0 bridgehead atoms. The standard InChI is InChI=1S/C21H16F6N2O4/c1-9(2)13-8-28-16-4-3-11(7-12(13)16)33-17-14(20(22,23)24)5-10(29-18(30)19(31)32)6-15(17)21(25,26)27/h3-9,28H,1-2H3,(H,29,30)(H,31,32). The summed E-state index contributed by atoms with van der Waals surface area (Å²) in [7, 11) is 0. The number of benzene rings is 2. The first-order valence-electron chi connectivity index (χ1n) is 9.34. The van der Waals surface area contributed by atoms with Gasteiger partial charge in [-0.05, 0) is 41.8 Å². The van der Waals surface area contributed by atoms with Crippen LogP contribution in [0.15, 0.2) is 36.5 Å². The topological polar surface area (TPSA) is 91.4 Å². The van der Waals surface area contributed by atoms with Gasteiger partial charge in [0.2, 0.25) is 0 Å². The number of hydrogen-bond acceptors (Lipinski definition) is 3. The molecule has 0 fully saturated rings. The van der Waals surface area contributed by atoms with Crippen molar-refractivity contribution in [3.05, 3.63) is 53.2 Å². The summed E-state index contributed by atoms with van der Waals surface area (Å²) >= 11 is 0. The summed E-state index contributed by atoms with van der Waals surface area (Å²) < 4.78 is 87.3. The van der Waals surface area contributed by atoms with Gasteiger partial charge < -0.3 is 20.1 Å². The lowest BCUT2D eigenvalue weighted by atomic mass is 10.0. The van der Waals surface area contributed by atoms with Crippen LogP contribution in [-0.2, 0) is 21.9 Å². The largest absolute Gasteiger partial charge is 0.474 e. The van der Waals surface area contributed by atoms with Crippen LogP contribution in [-0.4, -0.2) is 22.0 Å². The lowest BCUT2D eigenvalue weighted by Gasteiger charge is -2.20. The predicted octanol–water partition coefficient (Wildman–Crippen LogP) is 6.14. The third-order valence-corrected chi connectivity index (χ3v) is 4.68. The van der Waals surface area contributed by atoms with Gasteiger partial charge in [0.25, 0.3) is 0 Å². The van der Waals surface area contributed by atoms with E-state index in [0.29, 0.717) is 10.9 Å². The van der Waals surface area contributed by atoms with Gasteiger partial charge in [-0.3, -0.25) is 4.79 Å². The van der Waals surface area contributed by atoms with Gasteiger partial charge in [0.1, 0.15) is 16.9 Å². The van der Waals surface area contributed by atoms with Crippen LogP contribution in [0.25, 0.3) is 10.9 Å². The average Bonchev–Trinajstić information content (AvgIpc) is 3.10. The Morgan fingerprint density at radius 1 is 1.00 bits per heavy atom. The Morgan fingerprint density at radius 3 is 2.06 bits per heavy atom. The van der Waals surface area contributed by atoms with E-state index in [0.717, 1.165) is 5.56 Å². The highest BCUT2D eigenvalue weighted by atomic mass is 19.4. The van der Waals surface area contributed by atoms with E-state index in [1.54, 1.807) is 6.20 Å². The number of alkyl halides is 6. The van der Waals surface area contributed by atoms with E-state index >= 15 is 0 Å². The van der Waals surface area contributed by atoms with Crippen molar-refractivity contribution in [2.75, 3.05) is 5.32 Å². The number of fused-ring (bicyclic) bond motifs is 1. The van der Waals surface area contributed by atoms with E-state index in [-0.39, 0.29) is 23.8 Å². The number of carbonyl (C=O) groups is 2. The molecule has 3 aromatic rings. The van der Waals surface area contributed by atoms with Crippen LogP contribution in [0, 0.1) is 0 Å². The highest BCUT2D eigenvalue weighted by Gasteiger charge is 2.43. The quantitative estimate of drug-likeness (QED) is 0.313. The molecule has 0 saturated heterocycles. The second-order valence-electron chi connectivity index (χ2n) is 7.36. The van der Waals surface area contributed by atoms with E-state index < -0.39 is 46.8 Å². The number of aromatic nitrogens is 1. The maximum Gasteiger partial charge on any atom is 0.420 e. The fraction of sp³-hybridized carbons (Fsp3) is 0.238. The number of amides is 1. The molecule has 1 amide bonds. The third kappa shape index (κ3) is 5.04. The highest BCUT2D eigenvalue weighted by Crippen LogP contribution is 2.47. The molecule has 3 rings (SSSR count). The van der Waals surface area contributed by atoms with Gasteiger partial charge in [-0.2, -0.15) is 26.3 Å². The van der Waals surface area contributed by atoms with Crippen molar-refractivity contribution in [1.82, 2.24) is 4.98 Å². The van der Waals surface area contributed by atoms with Crippen LogP contribution >= 0.6 is 0 Å². The molecule has 12 heteroatoms. The molecule has 2 aromatic carbocycles. The molecule has 1 aromatic heterocycles. The van der Waals surface area contributed by atoms with Crippen molar-refractivity contribution in [1.29, 1.82) is 0 Å². The minimum atomic E-state index is -5.32. The van der Waals surface area contributed by atoms with Gasteiger partial charge >= 0.3 is 24.2 Å². The zero-order chi connectivity index (χ0) is 24.7. The van der Waals surface area contributed by atoms with Gasteiger partial charge in [0.05, 0.1) is 0 Å². The molecule has 0 aliphatic carbocycles. The van der Waals surface area contributed by atoms with Crippen LogP contribution < -0.4 is 10.1 Å². The molecule has 3 N–H and O–H groups in total. The SMILES string of the molecule is CC(C)c1c[nH]c2ccc(Oc3c(C(F)(F)F)cc(NC(=O)C(=O)O)cc3C(F)(F)F)cc12. The van der Waals surface area contributed by atoms with E-state index in [1.165, 1.54) is 23.5 Å². The second kappa shape index (κ2) is 8.34. The Kier molecular flexibility index (Phi) is 6.05. The average molecular weight is 474 g/mol. The zero-order valence-corrected chi connectivity index (χ0v) is 17.0. The van der Waals surface area contributed by atoms with E-state index in [2.05, 4.69) is 4.98 Å². The van der Waals surface area contributed by atoms with Crippen LogP contribution in [0.4, 0.5) is 32.0 Å². The van der Waals surface area contributed by atoms with Crippen molar-refractivity contribution >= 4 is 28.5 Å². The fourth-order valence-corrected chi connectivity index (χ4v) is 3.20. The van der Waals surface area contributed by atoms with Crippen LogP contribution in [0.5, 0.6) is 11.5 Å².